The number of carbonyl (C=O) groups is 1. The molecule has 0 aliphatic carbocycles. The number of benzene rings is 3. The van der Waals surface area contributed by atoms with Gasteiger partial charge in [-0.1, -0.05) is 68.3 Å². The number of amides is 1. The number of carbonyl (C=O) groups excluding carboxylic acids is 1. The molecule has 5 rings (SSSR count). The predicted molar refractivity (Wildman–Crippen MR) is 177 cm³/mol. The Labute approximate surface area is 262 Å². The van der Waals surface area contributed by atoms with Crippen molar-refractivity contribution in [2.24, 2.45) is 0 Å². The summed E-state index contributed by atoms with van der Waals surface area (Å²) in [7, 11) is 3.30. The molecule has 6 nitrogen and oxygen atoms in total. The second-order valence-electron chi connectivity index (χ2n) is 11.7. The summed E-state index contributed by atoms with van der Waals surface area (Å²) in [6.45, 7) is 5.61. The molecule has 0 bridgehead atoms. The first-order valence-electron chi connectivity index (χ1n) is 15.9. The number of piperidine rings is 1. The Morgan fingerprint density at radius 2 is 1.55 bits per heavy atom. The second-order valence-corrected chi connectivity index (χ2v) is 11.7. The number of pyridine rings is 1. The van der Waals surface area contributed by atoms with Crippen LogP contribution in [-0.4, -0.2) is 54.0 Å². The van der Waals surface area contributed by atoms with Gasteiger partial charge in [-0.3, -0.25) is 14.7 Å². The van der Waals surface area contributed by atoms with Gasteiger partial charge in [0.05, 0.1) is 14.2 Å². The Balaban J connectivity index is 1.32. The maximum absolute atomic E-state index is 14.1. The monoisotopic (exact) mass is 591 g/mol. The van der Waals surface area contributed by atoms with Crippen molar-refractivity contribution < 1.29 is 14.3 Å². The minimum absolute atomic E-state index is 0.111. The number of methoxy groups -OCH3 is 2. The zero-order chi connectivity index (χ0) is 30.7. The van der Waals surface area contributed by atoms with E-state index in [4.69, 9.17) is 9.47 Å². The minimum atomic E-state index is 0.111. The van der Waals surface area contributed by atoms with Gasteiger partial charge in [0.15, 0.2) is 11.5 Å². The van der Waals surface area contributed by atoms with E-state index in [1.165, 1.54) is 30.4 Å². The van der Waals surface area contributed by atoms with E-state index in [0.29, 0.717) is 18.0 Å². The standard InChI is InChI=1S/C38H45N3O3/c1-4-5-6-8-29-10-16-33(17-11-29)38(42)41(35-20-23-40(24-21-35)27-31-9-7-22-39-26-31)28-30-12-14-32(15-13-30)34-18-19-36(43-2)37(25-34)44-3/h7,9-19,22,25-26,35H,4-6,8,20-21,23-24,27-28H2,1-3H3. The molecule has 1 amide bonds. The van der Waals surface area contributed by atoms with E-state index >= 15 is 0 Å². The van der Waals surface area contributed by atoms with E-state index in [-0.39, 0.29) is 11.9 Å². The molecule has 6 heteroatoms. The van der Waals surface area contributed by atoms with Crippen molar-refractivity contribution in [3.8, 4) is 22.6 Å². The molecular weight excluding hydrogens is 546 g/mol. The Bertz CT molecular complexity index is 1460. The summed E-state index contributed by atoms with van der Waals surface area (Å²) >= 11 is 0. The van der Waals surface area contributed by atoms with Crippen LogP contribution in [0.5, 0.6) is 11.5 Å². The minimum Gasteiger partial charge on any atom is -0.493 e. The third-order valence-corrected chi connectivity index (χ3v) is 8.68. The largest absolute Gasteiger partial charge is 0.493 e. The molecule has 1 aliphatic rings. The van der Waals surface area contributed by atoms with Crippen LogP contribution in [-0.2, 0) is 19.5 Å². The molecule has 0 atom stereocenters. The van der Waals surface area contributed by atoms with E-state index in [2.05, 4.69) is 64.2 Å². The van der Waals surface area contributed by atoms with Gasteiger partial charge in [0.25, 0.3) is 5.91 Å². The number of nitrogens with zero attached hydrogens (tertiary/aromatic N) is 3. The van der Waals surface area contributed by atoms with Crippen LogP contribution in [0, 0.1) is 0 Å². The van der Waals surface area contributed by atoms with Gasteiger partial charge in [-0.05, 0) is 83.8 Å². The molecule has 1 saturated heterocycles. The smallest absolute Gasteiger partial charge is 0.254 e. The van der Waals surface area contributed by atoms with E-state index in [0.717, 1.165) is 61.2 Å². The first-order chi connectivity index (χ1) is 21.6. The highest BCUT2D eigenvalue weighted by atomic mass is 16.5. The van der Waals surface area contributed by atoms with Crippen molar-refractivity contribution in [2.75, 3.05) is 27.3 Å². The molecule has 3 aromatic carbocycles. The lowest BCUT2D eigenvalue weighted by Crippen LogP contribution is -2.46. The fourth-order valence-electron chi connectivity index (χ4n) is 6.08. The van der Waals surface area contributed by atoms with Crippen molar-refractivity contribution in [3.63, 3.8) is 0 Å². The van der Waals surface area contributed by atoms with E-state index < -0.39 is 0 Å². The Hall–Kier alpha value is -4.16. The van der Waals surface area contributed by atoms with Gasteiger partial charge in [-0.15, -0.1) is 0 Å². The van der Waals surface area contributed by atoms with Crippen LogP contribution in [0.3, 0.4) is 0 Å². The van der Waals surface area contributed by atoms with Crippen molar-refractivity contribution >= 4 is 5.91 Å². The van der Waals surface area contributed by atoms with Gasteiger partial charge in [-0.25, -0.2) is 0 Å². The molecule has 1 aromatic heterocycles. The Morgan fingerprint density at radius 1 is 0.841 bits per heavy atom. The summed E-state index contributed by atoms with van der Waals surface area (Å²) in [5.74, 6) is 1.53. The lowest BCUT2D eigenvalue weighted by molar-refractivity contribution is 0.0542. The number of aryl methyl sites for hydroxylation is 1. The molecule has 230 valence electrons. The van der Waals surface area contributed by atoms with Crippen molar-refractivity contribution in [2.45, 2.75) is 64.6 Å². The molecule has 4 aromatic rings. The van der Waals surface area contributed by atoms with Crippen LogP contribution in [0.15, 0.2) is 91.3 Å². The third-order valence-electron chi connectivity index (χ3n) is 8.68. The van der Waals surface area contributed by atoms with E-state index in [1.54, 1.807) is 14.2 Å². The van der Waals surface area contributed by atoms with Crippen LogP contribution in [0.1, 0.15) is 66.1 Å². The zero-order valence-corrected chi connectivity index (χ0v) is 26.4. The molecule has 0 radical (unpaired) electrons. The number of rotatable bonds is 13. The van der Waals surface area contributed by atoms with Gasteiger partial charge in [0.2, 0.25) is 0 Å². The number of aromatic nitrogens is 1. The predicted octanol–water partition coefficient (Wildman–Crippen LogP) is 7.81. The number of likely N-dealkylation sites (tertiary alicyclic amines) is 1. The first kappa shape index (κ1) is 31.3. The zero-order valence-electron chi connectivity index (χ0n) is 26.4. The highest BCUT2D eigenvalue weighted by Crippen LogP contribution is 2.32. The highest BCUT2D eigenvalue weighted by Gasteiger charge is 2.29. The molecule has 0 saturated carbocycles. The van der Waals surface area contributed by atoms with Gasteiger partial charge in [-0.2, -0.15) is 0 Å². The topological polar surface area (TPSA) is 54.9 Å². The summed E-state index contributed by atoms with van der Waals surface area (Å²) in [5, 5.41) is 0. The lowest BCUT2D eigenvalue weighted by Gasteiger charge is -2.39. The van der Waals surface area contributed by atoms with Crippen LogP contribution in [0.25, 0.3) is 11.1 Å². The number of hydrogen-bond acceptors (Lipinski definition) is 5. The molecule has 2 heterocycles. The molecule has 1 aliphatic heterocycles. The maximum Gasteiger partial charge on any atom is 0.254 e. The average molecular weight is 592 g/mol. The van der Waals surface area contributed by atoms with E-state index in [1.807, 2.05) is 48.8 Å². The van der Waals surface area contributed by atoms with Crippen molar-refractivity contribution in [1.82, 2.24) is 14.8 Å². The number of ether oxygens (including phenoxy) is 2. The second kappa shape index (κ2) is 15.5. The van der Waals surface area contributed by atoms with Gasteiger partial charge in [0.1, 0.15) is 0 Å². The van der Waals surface area contributed by atoms with Crippen LogP contribution in [0.2, 0.25) is 0 Å². The molecule has 0 N–H and O–H groups in total. The summed E-state index contributed by atoms with van der Waals surface area (Å²) < 4.78 is 10.9. The summed E-state index contributed by atoms with van der Waals surface area (Å²) in [6.07, 6.45) is 10.4. The molecular formula is C38H45N3O3. The summed E-state index contributed by atoms with van der Waals surface area (Å²) in [4.78, 5) is 22.9. The normalized spacial score (nSPS) is 13.9. The summed E-state index contributed by atoms with van der Waals surface area (Å²) in [5.41, 5.74) is 6.57. The van der Waals surface area contributed by atoms with Crippen LogP contribution < -0.4 is 9.47 Å². The summed E-state index contributed by atoms with van der Waals surface area (Å²) in [6, 6.07) is 27.1. The van der Waals surface area contributed by atoms with Crippen molar-refractivity contribution in [3.05, 3.63) is 114 Å². The van der Waals surface area contributed by atoms with Crippen LogP contribution >= 0.6 is 0 Å². The first-order valence-corrected chi connectivity index (χ1v) is 15.9. The highest BCUT2D eigenvalue weighted by molar-refractivity contribution is 5.94. The van der Waals surface area contributed by atoms with Gasteiger partial charge in [0, 0.05) is 50.2 Å². The van der Waals surface area contributed by atoms with Crippen molar-refractivity contribution in [1.29, 1.82) is 0 Å². The third kappa shape index (κ3) is 8.06. The SMILES string of the molecule is CCCCCc1ccc(C(=O)N(Cc2ccc(-c3ccc(OC)c(OC)c3)cc2)C2CCN(Cc3cccnc3)CC2)cc1. The molecule has 44 heavy (non-hydrogen) atoms. The van der Waals surface area contributed by atoms with Gasteiger partial charge >= 0.3 is 0 Å². The fraction of sp³-hybridized carbons (Fsp3) is 0.368. The Morgan fingerprint density at radius 3 is 2.20 bits per heavy atom. The molecule has 0 spiro atoms. The molecule has 1 fully saturated rings. The lowest BCUT2D eigenvalue weighted by atomic mass is 9.98. The quantitative estimate of drug-likeness (QED) is 0.149. The number of unbranched alkanes of at least 4 members (excludes halogenated alkanes) is 2. The average Bonchev–Trinajstić information content (AvgIpc) is 3.08. The Kier molecular flexibility index (Phi) is 11.0. The molecule has 0 unspecified atom stereocenters. The van der Waals surface area contributed by atoms with E-state index in [9.17, 15) is 4.79 Å². The fourth-order valence-corrected chi connectivity index (χ4v) is 6.08. The maximum atomic E-state index is 14.1. The number of hydrogen-bond donors (Lipinski definition) is 0. The van der Waals surface area contributed by atoms with Gasteiger partial charge < -0.3 is 14.4 Å². The van der Waals surface area contributed by atoms with Crippen LogP contribution in [0.4, 0.5) is 0 Å².